The molecule has 1 nitrogen and oxygen atoms in total. The summed E-state index contributed by atoms with van der Waals surface area (Å²) in [6, 6.07) is 3.77. The molecule has 0 amide bonds. The largest absolute Gasteiger partial charge is 0.508 e. The Morgan fingerprint density at radius 3 is 2.11 bits per heavy atom. The van der Waals surface area contributed by atoms with E-state index >= 15 is 0 Å². The Labute approximate surface area is 120 Å². The Kier molecular flexibility index (Phi) is 2.49. The molecule has 0 heterocycles. The van der Waals surface area contributed by atoms with E-state index in [0.29, 0.717) is 5.75 Å². The number of hydrogen-bond donors (Lipinski definition) is 1. The zero-order chi connectivity index (χ0) is 13.2. The van der Waals surface area contributed by atoms with Crippen LogP contribution < -0.4 is 0 Å². The van der Waals surface area contributed by atoms with Crippen LogP contribution in [0.25, 0.3) is 0 Å². The van der Waals surface area contributed by atoms with Crippen molar-refractivity contribution in [2.24, 2.45) is 17.8 Å². The van der Waals surface area contributed by atoms with Crippen molar-refractivity contribution < 1.29 is 5.11 Å². The topological polar surface area (TPSA) is 20.2 Å². The molecule has 0 saturated heterocycles. The van der Waals surface area contributed by atoms with Gasteiger partial charge in [0.1, 0.15) is 5.75 Å². The van der Waals surface area contributed by atoms with Gasteiger partial charge < -0.3 is 5.11 Å². The summed E-state index contributed by atoms with van der Waals surface area (Å²) in [6.07, 6.45) is 8.00. The maximum atomic E-state index is 10.4. The second-order valence-corrected chi connectivity index (χ2v) is 7.67. The van der Waals surface area contributed by atoms with Crippen LogP contribution in [0.2, 0.25) is 5.02 Å². The summed E-state index contributed by atoms with van der Waals surface area (Å²) in [6.45, 7) is 2.05. The van der Waals surface area contributed by atoms with Crippen molar-refractivity contribution in [1.29, 1.82) is 0 Å². The minimum absolute atomic E-state index is 0.182. The molecule has 0 unspecified atom stereocenters. The van der Waals surface area contributed by atoms with Crippen LogP contribution in [0.5, 0.6) is 5.75 Å². The summed E-state index contributed by atoms with van der Waals surface area (Å²) >= 11 is 6.57. The first-order valence-corrected chi connectivity index (χ1v) is 7.94. The van der Waals surface area contributed by atoms with E-state index in [-0.39, 0.29) is 5.41 Å². The number of aryl methyl sites for hydroxylation is 1. The van der Waals surface area contributed by atoms with Crippen molar-refractivity contribution >= 4 is 11.6 Å². The summed E-state index contributed by atoms with van der Waals surface area (Å²) in [7, 11) is 0. The quantitative estimate of drug-likeness (QED) is 0.779. The van der Waals surface area contributed by atoms with Crippen molar-refractivity contribution in [2.75, 3.05) is 0 Å². The lowest BCUT2D eigenvalue weighted by atomic mass is 9.48. The monoisotopic (exact) mass is 276 g/mol. The molecule has 5 rings (SSSR count). The van der Waals surface area contributed by atoms with Gasteiger partial charge in [0.25, 0.3) is 0 Å². The van der Waals surface area contributed by atoms with Crippen molar-refractivity contribution in [1.82, 2.24) is 0 Å². The lowest BCUT2D eigenvalue weighted by molar-refractivity contribution is -0.00610. The number of benzene rings is 1. The first-order chi connectivity index (χ1) is 9.07. The predicted octanol–water partition coefficient (Wildman–Crippen LogP) is 4.82. The molecule has 0 atom stereocenters. The summed E-state index contributed by atoms with van der Waals surface area (Å²) < 4.78 is 0. The number of halogens is 1. The van der Waals surface area contributed by atoms with Crippen LogP contribution >= 0.6 is 11.6 Å². The highest BCUT2D eigenvalue weighted by molar-refractivity contribution is 6.32. The van der Waals surface area contributed by atoms with Crippen molar-refractivity contribution in [3.63, 3.8) is 0 Å². The maximum Gasteiger partial charge on any atom is 0.120 e. The first-order valence-electron chi connectivity index (χ1n) is 7.56. The van der Waals surface area contributed by atoms with Crippen molar-refractivity contribution in [2.45, 2.75) is 50.9 Å². The second kappa shape index (κ2) is 3.91. The summed E-state index contributed by atoms with van der Waals surface area (Å²) in [5.41, 5.74) is 2.36. The molecule has 4 aliphatic carbocycles. The molecular weight excluding hydrogens is 256 g/mol. The molecular formula is C17H21ClO. The van der Waals surface area contributed by atoms with Crippen LogP contribution in [0.1, 0.15) is 49.7 Å². The first kappa shape index (κ1) is 12.1. The van der Waals surface area contributed by atoms with Crippen LogP contribution in [-0.2, 0) is 5.41 Å². The average molecular weight is 277 g/mol. The van der Waals surface area contributed by atoms with Gasteiger partial charge in [-0.3, -0.25) is 0 Å². The van der Waals surface area contributed by atoms with Gasteiger partial charge in [0.2, 0.25) is 0 Å². The van der Waals surface area contributed by atoms with Gasteiger partial charge in [-0.05, 0) is 74.8 Å². The molecule has 0 aromatic heterocycles. The van der Waals surface area contributed by atoms with Crippen molar-refractivity contribution in [3.8, 4) is 5.75 Å². The summed E-state index contributed by atoms with van der Waals surface area (Å²) in [4.78, 5) is 0. The van der Waals surface area contributed by atoms with Crippen molar-refractivity contribution in [3.05, 3.63) is 28.3 Å². The van der Waals surface area contributed by atoms with Gasteiger partial charge in [0, 0.05) is 11.0 Å². The molecule has 0 radical (unpaired) electrons. The van der Waals surface area contributed by atoms with Gasteiger partial charge in [-0.15, -0.1) is 0 Å². The van der Waals surface area contributed by atoms with Crippen LogP contribution in [0.15, 0.2) is 12.1 Å². The van der Waals surface area contributed by atoms with E-state index in [1.54, 1.807) is 0 Å². The van der Waals surface area contributed by atoms with Gasteiger partial charge >= 0.3 is 0 Å². The highest BCUT2D eigenvalue weighted by Gasteiger charge is 2.53. The van der Waals surface area contributed by atoms with E-state index in [9.17, 15) is 5.11 Å². The predicted molar refractivity (Wildman–Crippen MR) is 77.7 cm³/mol. The molecule has 1 N–H and O–H groups in total. The van der Waals surface area contributed by atoms with E-state index in [1.165, 1.54) is 38.5 Å². The van der Waals surface area contributed by atoms with E-state index in [4.69, 9.17) is 11.6 Å². The van der Waals surface area contributed by atoms with Gasteiger partial charge in [0.15, 0.2) is 0 Å². The molecule has 4 aliphatic rings. The Morgan fingerprint density at radius 1 is 1.05 bits per heavy atom. The number of phenolic OH excluding ortho intramolecular Hbond substituents is 1. The normalized spacial score (nSPS) is 39.8. The number of hydrogen-bond acceptors (Lipinski definition) is 1. The van der Waals surface area contributed by atoms with Crippen LogP contribution in [0.4, 0.5) is 0 Å². The Balaban J connectivity index is 1.86. The van der Waals surface area contributed by atoms with Crippen LogP contribution in [0.3, 0.4) is 0 Å². The van der Waals surface area contributed by atoms with E-state index in [0.717, 1.165) is 33.9 Å². The summed E-state index contributed by atoms with van der Waals surface area (Å²) in [5, 5.41) is 11.2. The van der Waals surface area contributed by atoms with Gasteiger partial charge in [-0.2, -0.15) is 0 Å². The molecule has 1 aromatic rings. The molecule has 19 heavy (non-hydrogen) atoms. The molecule has 2 heteroatoms. The van der Waals surface area contributed by atoms with Crippen LogP contribution in [0, 0.1) is 24.7 Å². The highest BCUT2D eigenvalue weighted by Crippen LogP contribution is 2.62. The molecule has 1 aromatic carbocycles. The number of phenols is 1. The van der Waals surface area contributed by atoms with E-state index in [1.807, 2.05) is 19.1 Å². The zero-order valence-corrected chi connectivity index (χ0v) is 12.2. The number of aromatic hydroxyl groups is 1. The fourth-order valence-electron chi connectivity index (χ4n) is 5.59. The molecule has 102 valence electrons. The SMILES string of the molecule is Cc1ccc(O)c(C23CC4CC(CC(C4)C2)C3)c1Cl. The summed E-state index contributed by atoms with van der Waals surface area (Å²) in [5.74, 6) is 3.06. The standard InChI is InChI=1S/C17H21ClO/c1-10-2-3-14(19)15(16(10)18)17-7-11-4-12(8-17)6-13(5-11)9-17/h2-3,11-13,19H,4-9H2,1H3. The lowest BCUT2D eigenvalue weighted by Gasteiger charge is -2.57. The Bertz CT molecular complexity index is 499. The molecule has 0 spiro atoms. The molecule has 4 bridgehead atoms. The molecule has 4 fully saturated rings. The van der Waals surface area contributed by atoms with Crippen LogP contribution in [-0.4, -0.2) is 5.11 Å². The third kappa shape index (κ3) is 1.67. The minimum atomic E-state index is 0.182. The fraction of sp³-hybridized carbons (Fsp3) is 0.647. The highest BCUT2D eigenvalue weighted by atomic mass is 35.5. The Hall–Kier alpha value is -0.690. The number of rotatable bonds is 1. The maximum absolute atomic E-state index is 10.4. The minimum Gasteiger partial charge on any atom is -0.508 e. The second-order valence-electron chi connectivity index (χ2n) is 7.29. The lowest BCUT2D eigenvalue weighted by Crippen LogP contribution is -2.48. The van der Waals surface area contributed by atoms with Gasteiger partial charge in [-0.25, -0.2) is 0 Å². The average Bonchev–Trinajstić information content (AvgIpc) is 2.32. The Morgan fingerprint density at radius 2 is 1.58 bits per heavy atom. The van der Waals surface area contributed by atoms with Gasteiger partial charge in [-0.1, -0.05) is 17.7 Å². The van der Waals surface area contributed by atoms with E-state index < -0.39 is 0 Å². The smallest absolute Gasteiger partial charge is 0.120 e. The zero-order valence-electron chi connectivity index (χ0n) is 11.5. The third-order valence-electron chi connectivity index (χ3n) is 5.88. The molecule has 0 aliphatic heterocycles. The van der Waals surface area contributed by atoms with Gasteiger partial charge in [0.05, 0.1) is 5.02 Å². The molecule has 4 saturated carbocycles. The van der Waals surface area contributed by atoms with E-state index in [2.05, 4.69) is 0 Å². The fourth-order valence-corrected chi connectivity index (χ4v) is 5.95. The third-order valence-corrected chi connectivity index (χ3v) is 6.37.